The van der Waals surface area contributed by atoms with Gasteiger partial charge in [0.25, 0.3) is 5.91 Å². The van der Waals surface area contributed by atoms with E-state index < -0.39 is 58.7 Å². The zero-order chi connectivity index (χ0) is 23.8. The lowest BCUT2D eigenvalue weighted by Gasteiger charge is -2.35. The number of piperazine rings is 1. The van der Waals surface area contributed by atoms with Gasteiger partial charge >= 0.3 is 12.1 Å². The van der Waals surface area contributed by atoms with E-state index in [4.69, 9.17) is 4.74 Å². The standard InChI is InChI=1S/C20H23F3N4O5/c1-20(2,3)32-19(31)26-6-4-25(5-7-26)15(28)10-14-17(29)27(18(30)24-14)11-8-12(21)16(23)13(22)9-11/h8-9,14H,4-7,10H2,1-3H3,(H,24,30)/t14-/m0/s1. The Hall–Kier alpha value is -3.31. The number of nitrogens with zero attached hydrogens (tertiary/aromatic N) is 3. The molecule has 1 N–H and O–H groups in total. The number of benzene rings is 1. The summed E-state index contributed by atoms with van der Waals surface area (Å²) in [4.78, 5) is 52.8. The van der Waals surface area contributed by atoms with Crippen LogP contribution in [0.4, 0.5) is 28.4 Å². The minimum absolute atomic E-state index is 0.213. The first-order chi connectivity index (χ1) is 14.9. The molecule has 174 valence electrons. The molecule has 0 saturated carbocycles. The Kier molecular flexibility index (Phi) is 6.33. The molecule has 0 aliphatic carbocycles. The lowest BCUT2D eigenvalue weighted by Crippen LogP contribution is -2.52. The number of nitrogens with one attached hydrogen (secondary N) is 1. The molecule has 32 heavy (non-hydrogen) atoms. The molecular formula is C20H23F3N4O5. The number of carbonyl (C=O) groups is 4. The van der Waals surface area contributed by atoms with E-state index in [2.05, 4.69) is 5.32 Å². The molecule has 1 atom stereocenters. The van der Waals surface area contributed by atoms with Gasteiger partial charge < -0.3 is 19.9 Å². The molecule has 3 rings (SSSR count). The number of ether oxygens (including phenoxy) is 1. The third-order valence-electron chi connectivity index (χ3n) is 4.91. The van der Waals surface area contributed by atoms with Crippen LogP contribution in [0.1, 0.15) is 27.2 Å². The summed E-state index contributed by atoms with van der Waals surface area (Å²) in [5, 5.41) is 2.30. The number of anilines is 1. The largest absolute Gasteiger partial charge is 0.444 e. The van der Waals surface area contributed by atoms with Gasteiger partial charge in [0.15, 0.2) is 17.5 Å². The summed E-state index contributed by atoms with van der Waals surface area (Å²) >= 11 is 0. The normalized spacial score (nSPS) is 19.3. The van der Waals surface area contributed by atoms with Crippen LogP contribution in [0.3, 0.4) is 0 Å². The molecule has 2 saturated heterocycles. The number of urea groups is 1. The number of carbonyl (C=O) groups excluding carboxylic acids is 4. The van der Waals surface area contributed by atoms with Crippen LogP contribution in [-0.4, -0.2) is 71.6 Å². The van der Waals surface area contributed by atoms with Gasteiger partial charge in [-0.05, 0) is 20.8 Å². The third-order valence-corrected chi connectivity index (χ3v) is 4.91. The van der Waals surface area contributed by atoms with Gasteiger partial charge in [0.05, 0.1) is 12.1 Å². The Bertz CT molecular complexity index is 934. The van der Waals surface area contributed by atoms with Crippen LogP contribution in [0.25, 0.3) is 0 Å². The van der Waals surface area contributed by atoms with Crippen LogP contribution < -0.4 is 10.2 Å². The molecule has 0 spiro atoms. The Labute approximate surface area is 182 Å². The highest BCUT2D eigenvalue weighted by atomic mass is 19.2. The average molecular weight is 456 g/mol. The molecule has 2 fully saturated rings. The highest BCUT2D eigenvalue weighted by Crippen LogP contribution is 2.25. The summed E-state index contributed by atoms with van der Waals surface area (Å²) in [6.45, 7) is 6.15. The first-order valence-corrected chi connectivity index (χ1v) is 9.92. The fourth-order valence-electron chi connectivity index (χ4n) is 3.35. The van der Waals surface area contributed by atoms with E-state index in [9.17, 15) is 32.3 Å². The average Bonchev–Trinajstić information content (AvgIpc) is 2.97. The second kappa shape index (κ2) is 8.67. The van der Waals surface area contributed by atoms with E-state index in [1.807, 2.05) is 0 Å². The van der Waals surface area contributed by atoms with E-state index in [0.717, 1.165) is 0 Å². The smallest absolute Gasteiger partial charge is 0.410 e. The van der Waals surface area contributed by atoms with E-state index in [1.54, 1.807) is 20.8 Å². The lowest BCUT2D eigenvalue weighted by atomic mass is 10.1. The number of hydrogen-bond donors (Lipinski definition) is 1. The molecule has 2 heterocycles. The summed E-state index contributed by atoms with van der Waals surface area (Å²) in [5.41, 5.74) is -1.13. The van der Waals surface area contributed by atoms with Crippen LogP contribution in [0.15, 0.2) is 12.1 Å². The van der Waals surface area contributed by atoms with Gasteiger partial charge in [0.2, 0.25) is 5.91 Å². The zero-order valence-corrected chi connectivity index (χ0v) is 17.8. The quantitative estimate of drug-likeness (QED) is 0.554. The van der Waals surface area contributed by atoms with Crippen LogP contribution in [0, 0.1) is 17.5 Å². The van der Waals surface area contributed by atoms with Gasteiger partial charge in [0.1, 0.15) is 11.6 Å². The van der Waals surface area contributed by atoms with Gasteiger partial charge in [-0.1, -0.05) is 0 Å². The van der Waals surface area contributed by atoms with Gasteiger partial charge in [-0.3, -0.25) is 9.59 Å². The number of rotatable bonds is 3. The van der Waals surface area contributed by atoms with Gasteiger partial charge in [-0.2, -0.15) is 0 Å². The summed E-state index contributed by atoms with van der Waals surface area (Å²) in [7, 11) is 0. The van der Waals surface area contributed by atoms with E-state index in [1.165, 1.54) is 9.80 Å². The van der Waals surface area contributed by atoms with Crippen LogP contribution in [0.2, 0.25) is 0 Å². The molecule has 0 unspecified atom stereocenters. The van der Waals surface area contributed by atoms with Crippen molar-refractivity contribution >= 4 is 29.6 Å². The Morgan fingerprint density at radius 2 is 1.56 bits per heavy atom. The minimum Gasteiger partial charge on any atom is -0.444 e. The summed E-state index contributed by atoms with van der Waals surface area (Å²) in [6, 6.07) is -1.17. The first kappa shape index (κ1) is 23.4. The molecule has 0 aromatic heterocycles. The molecule has 0 bridgehead atoms. The molecule has 0 radical (unpaired) electrons. The topological polar surface area (TPSA) is 99.3 Å². The van der Waals surface area contributed by atoms with E-state index in [-0.39, 0.29) is 32.6 Å². The van der Waals surface area contributed by atoms with Crippen molar-refractivity contribution in [3.05, 3.63) is 29.6 Å². The monoisotopic (exact) mass is 456 g/mol. The van der Waals surface area contributed by atoms with Crippen LogP contribution in [0.5, 0.6) is 0 Å². The van der Waals surface area contributed by atoms with Gasteiger partial charge in [-0.15, -0.1) is 0 Å². The maximum Gasteiger partial charge on any atom is 0.410 e. The zero-order valence-electron chi connectivity index (χ0n) is 17.8. The number of imide groups is 1. The highest BCUT2D eigenvalue weighted by molar-refractivity contribution is 6.22. The Balaban J connectivity index is 1.59. The summed E-state index contributed by atoms with van der Waals surface area (Å²) in [5.74, 6) is -6.16. The fourth-order valence-corrected chi connectivity index (χ4v) is 3.35. The first-order valence-electron chi connectivity index (χ1n) is 9.92. The molecular weight excluding hydrogens is 433 g/mol. The number of halogens is 3. The van der Waals surface area contributed by atoms with Crippen LogP contribution >= 0.6 is 0 Å². The predicted octanol–water partition coefficient (Wildman–Crippen LogP) is 2.00. The third kappa shape index (κ3) is 4.94. The Morgan fingerprint density at radius 1 is 1.03 bits per heavy atom. The molecule has 1 aromatic carbocycles. The highest BCUT2D eigenvalue weighted by Gasteiger charge is 2.41. The number of hydrogen-bond acceptors (Lipinski definition) is 5. The SMILES string of the molecule is CC(C)(C)OC(=O)N1CCN(C(=O)C[C@@H]2NC(=O)N(c3cc(F)c(F)c(F)c3)C2=O)CC1. The van der Waals surface area contributed by atoms with Crippen molar-refractivity contribution in [1.82, 2.24) is 15.1 Å². The molecule has 1 aromatic rings. The maximum absolute atomic E-state index is 13.5. The van der Waals surface area contributed by atoms with Crippen molar-refractivity contribution in [3.8, 4) is 0 Å². The van der Waals surface area contributed by atoms with Crippen molar-refractivity contribution in [1.29, 1.82) is 0 Å². The minimum atomic E-state index is -1.72. The molecule has 2 aliphatic heterocycles. The lowest BCUT2D eigenvalue weighted by molar-refractivity contribution is -0.135. The van der Waals surface area contributed by atoms with Crippen molar-refractivity contribution < 1.29 is 37.1 Å². The molecule has 9 nitrogen and oxygen atoms in total. The second-order valence-electron chi connectivity index (χ2n) is 8.45. The predicted molar refractivity (Wildman–Crippen MR) is 105 cm³/mol. The van der Waals surface area contributed by atoms with Gasteiger partial charge in [-0.25, -0.2) is 27.7 Å². The van der Waals surface area contributed by atoms with Crippen molar-refractivity contribution in [2.24, 2.45) is 0 Å². The molecule has 2 aliphatic rings. The van der Waals surface area contributed by atoms with Crippen molar-refractivity contribution in [2.75, 3.05) is 31.1 Å². The van der Waals surface area contributed by atoms with Crippen molar-refractivity contribution in [2.45, 2.75) is 38.8 Å². The molecule has 5 amide bonds. The Morgan fingerprint density at radius 3 is 2.09 bits per heavy atom. The van der Waals surface area contributed by atoms with Gasteiger partial charge in [0, 0.05) is 38.3 Å². The van der Waals surface area contributed by atoms with E-state index in [0.29, 0.717) is 17.0 Å². The molecule has 12 heteroatoms. The van der Waals surface area contributed by atoms with Crippen LogP contribution in [-0.2, 0) is 14.3 Å². The summed E-state index contributed by atoms with van der Waals surface area (Å²) < 4.78 is 45.5. The van der Waals surface area contributed by atoms with Crippen molar-refractivity contribution in [3.63, 3.8) is 0 Å². The number of amides is 5. The fraction of sp³-hybridized carbons (Fsp3) is 0.500. The maximum atomic E-state index is 13.5. The second-order valence-corrected chi connectivity index (χ2v) is 8.45. The summed E-state index contributed by atoms with van der Waals surface area (Å²) in [6.07, 6.45) is -0.864. The van der Waals surface area contributed by atoms with E-state index >= 15 is 0 Å².